The largest absolute Gasteiger partial charge is 0.371 e. The summed E-state index contributed by atoms with van der Waals surface area (Å²) in [5.41, 5.74) is 0.0246. The van der Waals surface area contributed by atoms with Gasteiger partial charge in [-0.05, 0) is 52.5 Å². The standard InChI is InChI=1S/C13H27NO/c1-6-13(3,4)15-12-9-10(2)7-8-11(12)14-5/h10-12,14H,6-9H2,1-5H3. The molecule has 0 aromatic carbocycles. The molecule has 0 spiro atoms. The molecule has 1 N–H and O–H groups in total. The van der Waals surface area contributed by atoms with Gasteiger partial charge in [-0.3, -0.25) is 0 Å². The molecular formula is C13H27NO. The summed E-state index contributed by atoms with van der Waals surface area (Å²) in [6, 6.07) is 0.548. The van der Waals surface area contributed by atoms with Crippen LogP contribution in [-0.2, 0) is 4.74 Å². The van der Waals surface area contributed by atoms with Crippen LogP contribution in [0.25, 0.3) is 0 Å². The highest BCUT2D eigenvalue weighted by molar-refractivity contribution is 4.85. The Bertz CT molecular complexity index is 191. The Morgan fingerprint density at radius 2 is 2.00 bits per heavy atom. The van der Waals surface area contributed by atoms with Crippen molar-refractivity contribution in [1.82, 2.24) is 5.32 Å². The van der Waals surface area contributed by atoms with E-state index in [1.54, 1.807) is 0 Å². The third-order valence-electron chi connectivity index (χ3n) is 3.75. The van der Waals surface area contributed by atoms with Crippen LogP contribution in [0.1, 0.15) is 53.4 Å². The van der Waals surface area contributed by atoms with E-state index in [1.165, 1.54) is 19.3 Å². The average Bonchev–Trinajstić information content (AvgIpc) is 2.18. The second-order valence-corrected chi connectivity index (χ2v) is 5.58. The normalized spacial score (nSPS) is 33.0. The van der Waals surface area contributed by atoms with Crippen molar-refractivity contribution < 1.29 is 4.74 Å². The fraction of sp³-hybridized carbons (Fsp3) is 1.00. The van der Waals surface area contributed by atoms with Crippen LogP contribution in [0.2, 0.25) is 0 Å². The van der Waals surface area contributed by atoms with Crippen LogP contribution in [0.4, 0.5) is 0 Å². The van der Waals surface area contributed by atoms with E-state index in [0.29, 0.717) is 12.1 Å². The third-order valence-corrected chi connectivity index (χ3v) is 3.75. The Labute approximate surface area is 94.8 Å². The Balaban J connectivity index is 2.55. The zero-order valence-electron chi connectivity index (χ0n) is 11.0. The number of likely N-dealkylation sites (N-methyl/N-ethyl adjacent to an activating group) is 1. The van der Waals surface area contributed by atoms with Crippen molar-refractivity contribution >= 4 is 0 Å². The highest BCUT2D eigenvalue weighted by atomic mass is 16.5. The number of hydrogen-bond acceptors (Lipinski definition) is 2. The molecule has 1 aliphatic rings. The Morgan fingerprint density at radius 1 is 1.33 bits per heavy atom. The van der Waals surface area contributed by atoms with E-state index in [-0.39, 0.29) is 5.60 Å². The van der Waals surface area contributed by atoms with Gasteiger partial charge in [0.15, 0.2) is 0 Å². The zero-order chi connectivity index (χ0) is 11.5. The monoisotopic (exact) mass is 213 g/mol. The van der Waals surface area contributed by atoms with Crippen molar-refractivity contribution in [1.29, 1.82) is 0 Å². The fourth-order valence-electron chi connectivity index (χ4n) is 2.28. The first kappa shape index (κ1) is 13.0. The molecule has 90 valence electrons. The maximum absolute atomic E-state index is 6.24. The van der Waals surface area contributed by atoms with Gasteiger partial charge in [0.2, 0.25) is 0 Å². The molecule has 1 rings (SSSR count). The summed E-state index contributed by atoms with van der Waals surface area (Å²) in [4.78, 5) is 0. The SMILES string of the molecule is CCC(C)(C)OC1CC(C)CCC1NC. The van der Waals surface area contributed by atoms with Crippen LogP contribution < -0.4 is 5.32 Å². The minimum absolute atomic E-state index is 0.0246. The fourth-order valence-corrected chi connectivity index (χ4v) is 2.28. The Morgan fingerprint density at radius 3 is 2.53 bits per heavy atom. The summed E-state index contributed by atoms with van der Waals surface area (Å²) in [6.07, 6.45) is 5.26. The minimum atomic E-state index is 0.0246. The molecule has 15 heavy (non-hydrogen) atoms. The molecule has 0 aromatic heterocycles. The van der Waals surface area contributed by atoms with Crippen LogP contribution in [0.5, 0.6) is 0 Å². The van der Waals surface area contributed by atoms with Crippen LogP contribution in [0, 0.1) is 5.92 Å². The molecule has 2 heteroatoms. The highest BCUT2D eigenvalue weighted by Gasteiger charge is 2.32. The molecule has 3 unspecified atom stereocenters. The number of hydrogen-bond donors (Lipinski definition) is 1. The van der Waals surface area contributed by atoms with Crippen molar-refractivity contribution in [2.45, 2.75) is 71.1 Å². The first-order chi connectivity index (χ1) is 6.98. The maximum atomic E-state index is 6.24. The molecule has 0 aromatic rings. The van der Waals surface area contributed by atoms with E-state index in [0.717, 1.165) is 12.3 Å². The summed E-state index contributed by atoms with van der Waals surface area (Å²) in [5.74, 6) is 0.812. The smallest absolute Gasteiger partial charge is 0.0737 e. The van der Waals surface area contributed by atoms with Gasteiger partial charge >= 0.3 is 0 Å². The Hall–Kier alpha value is -0.0800. The van der Waals surface area contributed by atoms with E-state index < -0.39 is 0 Å². The predicted molar refractivity (Wildman–Crippen MR) is 65.1 cm³/mol. The molecule has 1 saturated carbocycles. The minimum Gasteiger partial charge on any atom is -0.371 e. The first-order valence-corrected chi connectivity index (χ1v) is 6.33. The van der Waals surface area contributed by atoms with Gasteiger partial charge in [0.05, 0.1) is 11.7 Å². The molecule has 1 fully saturated rings. The van der Waals surface area contributed by atoms with E-state index in [9.17, 15) is 0 Å². The number of ether oxygens (including phenoxy) is 1. The first-order valence-electron chi connectivity index (χ1n) is 6.33. The lowest BCUT2D eigenvalue weighted by molar-refractivity contribution is -0.104. The highest BCUT2D eigenvalue weighted by Crippen LogP contribution is 2.30. The lowest BCUT2D eigenvalue weighted by atomic mass is 9.84. The summed E-state index contributed by atoms with van der Waals surface area (Å²) in [6.45, 7) is 8.92. The molecule has 2 nitrogen and oxygen atoms in total. The summed E-state index contributed by atoms with van der Waals surface area (Å²) >= 11 is 0. The van der Waals surface area contributed by atoms with Crippen LogP contribution in [-0.4, -0.2) is 24.8 Å². The van der Waals surface area contributed by atoms with Gasteiger partial charge in [0.25, 0.3) is 0 Å². The average molecular weight is 213 g/mol. The lowest BCUT2D eigenvalue weighted by Gasteiger charge is -2.39. The molecule has 0 radical (unpaired) electrons. The molecule has 0 saturated heterocycles. The lowest BCUT2D eigenvalue weighted by Crippen LogP contribution is -2.47. The van der Waals surface area contributed by atoms with Gasteiger partial charge in [0, 0.05) is 6.04 Å². The van der Waals surface area contributed by atoms with Crippen LogP contribution in [0.15, 0.2) is 0 Å². The number of nitrogens with one attached hydrogen (secondary N) is 1. The van der Waals surface area contributed by atoms with Crippen molar-refractivity contribution in [3.63, 3.8) is 0 Å². The van der Waals surface area contributed by atoms with Crippen LogP contribution in [0.3, 0.4) is 0 Å². The predicted octanol–water partition coefficient (Wildman–Crippen LogP) is 2.97. The second-order valence-electron chi connectivity index (χ2n) is 5.58. The Kier molecular flexibility index (Phi) is 4.60. The van der Waals surface area contributed by atoms with E-state index >= 15 is 0 Å². The summed E-state index contributed by atoms with van der Waals surface area (Å²) in [5, 5.41) is 3.40. The van der Waals surface area contributed by atoms with Gasteiger partial charge in [0.1, 0.15) is 0 Å². The van der Waals surface area contributed by atoms with Gasteiger partial charge in [-0.1, -0.05) is 13.8 Å². The second kappa shape index (κ2) is 5.31. The summed E-state index contributed by atoms with van der Waals surface area (Å²) < 4.78 is 6.24. The van der Waals surface area contributed by atoms with Crippen molar-refractivity contribution in [3.05, 3.63) is 0 Å². The summed E-state index contributed by atoms with van der Waals surface area (Å²) in [7, 11) is 2.05. The van der Waals surface area contributed by atoms with Crippen molar-refractivity contribution in [3.8, 4) is 0 Å². The van der Waals surface area contributed by atoms with Crippen LogP contribution >= 0.6 is 0 Å². The molecule has 3 atom stereocenters. The molecule has 0 bridgehead atoms. The molecular weight excluding hydrogens is 186 g/mol. The number of rotatable bonds is 4. The molecule has 1 aliphatic carbocycles. The van der Waals surface area contributed by atoms with Gasteiger partial charge in [-0.25, -0.2) is 0 Å². The maximum Gasteiger partial charge on any atom is 0.0737 e. The van der Waals surface area contributed by atoms with E-state index in [1.807, 2.05) is 0 Å². The zero-order valence-corrected chi connectivity index (χ0v) is 11.0. The van der Waals surface area contributed by atoms with Gasteiger partial charge in [-0.2, -0.15) is 0 Å². The molecule has 0 amide bonds. The molecule has 0 heterocycles. The third kappa shape index (κ3) is 3.76. The quantitative estimate of drug-likeness (QED) is 0.775. The van der Waals surface area contributed by atoms with Crippen molar-refractivity contribution in [2.75, 3.05) is 7.05 Å². The van der Waals surface area contributed by atoms with E-state index in [4.69, 9.17) is 4.74 Å². The molecule has 0 aliphatic heterocycles. The van der Waals surface area contributed by atoms with E-state index in [2.05, 4.69) is 40.1 Å². The van der Waals surface area contributed by atoms with Crippen molar-refractivity contribution in [2.24, 2.45) is 5.92 Å². The topological polar surface area (TPSA) is 21.3 Å². The van der Waals surface area contributed by atoms with Gasteiger partial charge in [-0.15, -0.1) is 0 Å². The van der Waals surface area contributed by atoms with Gasteiger partial charge < -0.3 is 10.1 Å².